The van der Waals surface area contributed by atoms with Gasteiger partial charge in [-0.1, -0.05) is 43.1 Å². The molecule has 6 heteroatoms. The highest BCUT2D eigenvalue weighted by Gasteiger charge is 2.30. The van der Waals surface area contributed by atoms with E-state index >= 15 is 0 Å². The van der Waals surface area contributed by atoms with E-state index in [4.69, 9.17) is 32.7 Å². The summed E-state index contributed by atoms with van der Waals surface area (Å²) in [6.45, 7) is 5.25. The number of allylic oxidation sites excluding steroid dienone is 1. The lowest BCUT2D eigenvalue weighted by molar-refractivity contribution is -0.137. The van der Waals surface area contributed by atoms with Gasteiger partial charge in [0.05, 0.1) is 11.5 Å². The standard InChI is InChI=1S/C20H16Cl2O4/c1-10(2)20(24)26-16-7-6-14-18(23)17(25-19(14)11(16)3)8-12-4-5-13(21)9-15(12)22/h4-10H,1-3H3/b17-8-. The molecule has 2 aromatic carbocycles. The van der Waals surface area contributed by atoms with Crippen LogP contribution < -0.4 is 9.47 Å². The number of hydrogen-bond donors (Lipinski definition) is 0. The lowest BCUT2D eigenvalue weighted by atomic mass is 10.1. The minimum absolute atomic E-state index is 0.152. The number of ether oxygens (including phenoxy) is 2. The minimum atomic E-state index is -0.346. The fourth-order valence-corrected chi connectivity index (χ4v) is 2.93. The highest BCUT2D eigenvalue weighted by Crippen LogP contribution is 2.39. The molecule has 3 rings (SSSR count). The van der Waals surface area contributed by atoms with Crippen LogP contribution in [0, 0.1) is 12.8 Å². The van der Waals surface area contributed by atoms with Crippen LogP contribution in [-0.4, -0.2) is 11.8 Å². The predicted molar refractivity (Wildman–Crippen MR) is 101 cm³/mol. The molecule has 1 aliphatic heterocycles. The molecular weight excluding hydrogens is 375 g/mol. The third kappa shape index (κ3) is 3.48. The Hall–Kier alpha value is -2.30. The first-order valence-corrected chi connectivity index (χ1v) is 8.78. The first-order chi connectivity index (χ1) is 12.3. The molecule has 0 aromatic heterocycles. The molecule has 0 unspecified atom stereocenters. The predicted octanol–water partition coefficient (Wildman–Crippen LogP) is 5.48. The van der Waals surface area contributed by atoms with Crippen LogP contribution >= 0.6 is 23.2 Å². The Bertz CT molecular complexity index is 945. The Morgan fingerprint density at radius 2 is 1.92 bits per heavy atom. The second kappa shape index (κ2) is 7.14. The highest BCUT2D eigenvalue weighted by molar-refractivity contribution is 6.35. The number of ketones is 1. The Kier molecular flexibility index (Phi) is 5.08. The van der Waals surface area contributed by atoms with Gasteiger partial charge in [-0.15, -0.1) is 0 Å². The van der Waals surface area contributed by atoms with Gasteiger partial charge in [0.2, 0.25) is 5.78 Å². The van der Waals surface area contributed by atoms with E-state index in [1.165, 1.54) is 0 Å². The van der Waals surface area contributed by atoms with Crippen LogP contribution in [0.25, 0.3) is 6.08 Å². The number of carbonyl (C=O) groups is 2. The zero-order valence-corrected chi connectivity index (χ0v) is 15.9. The second-order valence-corrected chi connectivity index (χ2v) is 7.09. The molecule has 0 fully saturated rings. The molecule has 0 aliphatic carbocycles. The molecule has 134 valence electrons. The van der Waals surface area contributed by atoms with Crippen LogP contribution in [0.4, 0.5) is 0 Å². The fourth-order valence-electron chi connectivity index (χ4n) is 2.46. The molecule has 26 heavy (non-hydrogen) atoms. The van der Waals surface area contributed by atoms with Crippen LogP contribution in [0.5, 0.6) is 11.5 Å². The van der Waals surface area contributed by atoms with Gasteiger partial charge in [-0.05, 0) is 42.8 Å². The molecule has 0 saturated heterocycles. The normalized spacial score (nSPS) is 14.5. The zero-order chi connectivity index (χ0) is 19.0. The minimum Gasteiger partial charge on any atom is -0.452 e. The maximum absolute atomic E-state index is 12.6. The first kappa shape index (κ1) is 18.5. The number of carbonyl (C=O) groups excluding carboxylic acids is 2. The van der Waals surface area contributed by atoms with E-state index in [-0.39, 0.29) is 23.4 Å². The summed E-state index contributed by atoms with van der Waals surface area (Å²) in [6, 6.07) is 8.18. The summed E-state index contributed by atoms with van der Waals surface area (Å²) in [4.78, 5) is 24.4. The smallest absolute Gasteiger partial charge is 0.313 e. The van der Waals surface area contributed by atoms with E-state index in [1.54, 1.807) is 57.2 Å². The van der Waals surface area contributed by atoms with E-state index in [0.29, 0.717) is 38.2 Å². The summed E-state index contributed by atoms with van der Waals surface area (Å²) in [5.41, 5.74) is 1.63. The van der Waals surface area contributed by atoms with Gasteiger partial charge in [0.25, 0.3) is 0 Å². The van der Waals surface area contributed by atoms with Crippen molar-refractivity contribution in [3.05, 3.63) is 62.8 Å². The highest BCUT2D eigenvalue weighted by atomic mass is 35.5. The lowest BCUT2D eigenvalue weighted by Crippen LogP contribution is -2.15. The number of fused-ring (bicyclic) bond motifs is 1. The Morgan fingerprint density at radius 3 is 2.58 bits per heavy atom. The molecule has 1 heterocycles. The monoisotopic (exact) mass is 390 g/mol. The van der Waals surface area contributed by atoms with Crippen molar-refractivity contribution < 1.29 is 19.1 Å². The summed E-state index contributed by atoms with van der Waals surface area (Å²) in [5, 5.41) is 0.923. The van der Waals surface area contributed by atoms with Crippen molar-refractivity contribution in [2.45, 2.75) is 20.8 Å². The van der Waals surface area contributed by atoms with Gasteiger partial charge in [-0.3, -0.25) is 9.59 Å². The van der Waals surface area contributed by atoms with Gasteiger partial charge in [-0.25, -0.2) is 0 Å². The number of rotatable bonds is 3. The third-order valence-electron chi connectivity index (χ3n) is 3.97. The fraction of sp³-hybridized carbons (Fsp3) is 0.200. The summed E-state index contributed by atoms with van der Waals surface area (Å²) < 4.78 is 11.1. The summed E-state index contributed by atoms with van der Waals surface area (Å²) in [7, 11) is 0. The first-order valence-electron chi connectivity index (χ1n) is 8.02. The van der Waals surface area contributed by atoms with Crippen LogP contribution in [0.1, 0.15) is 35.3 Å². The summed E-state index contributed by atoms with van der Waals surface area (Å²) in [6.07, 6.45) is 1.57. The number of hydrogen-bond acceptors (Lipinski definition) is 4. The van der Waals surface area contributed by atoms with Crippen LogP contribution in [0.15, 0.2) is 36.1 Å². The van der Waals surface area contributed by atoms with Crippen molar-refractivity contribution in [3.8, 4) is 11.5 Å². The topological polar surface area (TPSA) is 52.6 Å². The maximum Gasteiger partial charge on any atom is 0.313 e. The Morgan fingerprint density at radius 1 is 1.19 bits per heavy atom. The van der Waals surface area contributed by atoms with Crippen molar-refractivity contribution in [1.82, 2.24) is 0 Å². The molecule has 0 spiro atoms. The molecule has 0 saturated carbocycles. The van der Waals surface area contributed by atoms with E-state index in [9.17, 15) is 9.59 Å². The molecule has 0 N–H and O–H groups in total. The van der Waals surface area contributed by atoms with Gasteiger partial charge >= 0.3 is 5.97 Å². The van der Waals surface area contributed by atoms with Crippen molar-refractivity contribution in [2.24, 2.45) is 5.92 Å². The van der Waals surface area contributed by atoms with Gasteiger partial charge in [0.1, 0.15) is 11.5 Å². The molecule has 4 nitrogen and oxygen atoms in total. The zero-order valence-electron chi connectivity index (χ0n) is 14.4. The van der Waals surface area contributed by atoms with Crippen molar-refractivity contribution in [1.29, 1.82) is 0 Å². The second-order valence-electron chi connectivity index (χ2n) is 6.25. The molecule has 0 radical (unpaired) electrons. The summed E-state index contributed by atoms with van der Waals surface area (Å²) >= 11 is 12.0. The Balaban J connectivity index is 1.95. The third-order valence-corrected chi connectivity index (χ3v) is 4.53. The van der Waals surface area contributed by atoms with Gasteiger partial charge in [0, 0.05) is 15.6 Å². The van der Waals surface area contributed by atoms with Crippen LogP contribution in [0.3, 0.4) is 0 Å². The molecule has 1 aliphatic rings. The average molecular weight is 391 g/mol. The van der Waals surface area contributed by atoms with Crippen molar-refractivity contribution in [3.63, 3.8) is 0 Å². The van der Waals surface area contributed by atoms with E-state index < -0.39 is 0 Å². The Labute approximate surface area is 161 Å². The number of Topliss-reactive ketones (excluding diaryl/α,β-unsaturated/α-hetero) is 1. The van der Waals surface area contributed by atoms with Crippen molar-refractivity contribution >= 4 is 41.0 Å². The van der Waals surface area contributed by atoms with Crippen LogP contribution in [-0.2, 0) is 4.79 Å². The number of esters is 1. The average Bonchev–Trinajstić information content (AvgIpc) is 2.89. The molecule has 0 amide bonds. The van der Waals surface area contributed by atoms with E-state index in [2.05, 4.69) is 0 Å². The van der Waals surface area contributed by atoms with Crippen molar-refractivity contribution in [2.75, 3.05) is 0 Å². The van der Waals surface area contributed by atoms with Gasteiger partial charge in [0.15, 0.2) is 5.76 Å². The lowest BCUT2D eigenvalue weighted by Gasteiger charge is -2.11. The summed E-state index contributed by atoms with van der Waals surface area (Å²) in [5.74, 6) is 0.0609. The molecule has 0 atom stereocenters. The molecule has 0 bridgehead atoms. The largest absolute Gasteiger partial charge is 0.452 e. The maximum atomic E-state index is 12.6. The molecular formula is C20H16Cl2O4. The van der Waals surface area contributed by atoms with E-state index in [1.807, 2.05) is 0 Å². The van der Waals surface area contributed by atoms with E-state index in [0.717, 1.165) is 0 Å². The quantitative estimate of drug-likeness (QED) is 0.395. The molecule has 2 aromatic rings. The SMILES string of the molecule is Cc1c(OC(=O)C(C)C)ccc2c1O/C(=C\c1ccc(Cl)cc1Cl)C2=O. The number of benzene rings is 2. The van der Waals surface area contributed by atoms with Gasteiger partial charge < -0.3 is 9.47 Å². The number of halogens is 2. The van der Waals surface area contributed by atoms with Gasteiger partial charge in [-0.2, -0.15) is 0 Å². The van der Waals surface area contributed by atoms with Crippen LogP contribution in [0.2, 0.25) is 10.0 Å².